The minimum absolute atomic E-state index is 0.149. The van der Waals surface area contributed by atoms with Crippen LogP contribution in [-0.2, 0) is 9.59 Å². The third-order valence-electron chi connectivity index (χ3n) is 4.73. The predicted octanol–water partition coefficient (Wildman–Crippen LogP) is 3.50. The molecular weight excluding hydrogens is 453 g/mol. The van der Waals surface area contributed by atoms with E-state index >= 15 is 0 Å². The van der Waals surface area contributed by atoms with Crippen LogP contribution >= 0.6 is 22.6 Å². The Morgan fingerprint density at radius 1 is 1.29 bits per heavy atom. The predicted molar refractivity (Wildman–Crippen MR) is 115 cm³/mol. The molecule has 0 aromatic heterocycles. The molecule has 1 aliphatic rings. The summed E-state index contributed by atoms with van der Waals surface area (Å²) in [6.07, 6.45) is 0.197. The molecule has 0 aliphatic carbocycles. The van der Waals surface area contributed by atoms with Crippen LogP contribution in [0.25, 0.3) is 0 Å². The van der Waals surface area contributed by atoms with Crippen molar-refractivity contribution in [2.75, 3.05) is 19.0 Å². The van der Waals surface area contributed by atoms with Crippen molar-refractivity contribution in [1.29, 1.82) is 0 Å². The Balaban J connectivity index is 1.76. The molecular formula is C19H21ClFN3O6S. The highest BCUT2D eigenvalue weighted by atomic mass is 35.5. The van der Waals surface area contributed by atoms with Gasteiger partial charge in [-0.3, -0.25) is 13.9 Å². The van der Waals surface area contributed by atoms with Gasteiger partial charge in [0.1, 0.15) is 17.6 Å². The van der Waals surface area contributed by atoms with Crippen LogP contribution in [0, 0.1) is 5.82 Å². The molecule has 168 valence electrons. The summed E-state index contributed by atoms with van der Waals surface area (Å²) in [5.41, 5.74) is 0.926. The van der Waals surface area contributed by atoms with E-state index in [0.717, 1.165) is 10.4 Å². The van der Waals surface area contributed by atoms with Crippen molar-refractivity contribution in [3.63, 3.8) is 0 Å². The van der Waals surface area contributed by atoms with Gasteiger partial charge in [-0.2, -0.15) is 9.03 Å². The van der Waals surface area contributed by atoms with E-state index in [1.165, 1.54) is 19.2 Å². The minimum Gasteiger partial charge on any atom is -0.482 e. The van der Waals surface area contributed by atoms with Crippen molar-refractivity contribution >= 4 is 40.1 Å². The van der Waals surface area contributed by atoms with Gasteiger partial charge in [0, 0.05) is 12.7 Å². The fourth-order valence-electron chi connectivity index (χ4n) is 3.09. The van der Waals surface area contributed by atoms with Gasteiger partial charge in [0.2, 0.25) is 5.91 Å². The molecule has 0 radical (unpaired) electrons. The molecule has 2 unspecified atom stereocenters. The van der Waals surface area contributed by atoms with E-state index < -0.39 is 47.3 Å². The fraction of sp³-hybridized carbons (Fsp3) is 0.263. The first-order chi connectivity index (χ1) is 14.6. The largest absolute Gasteiger partial charge is 0.482 e. The number of amides is 1. The molecule has 0 spiro atoms. The first kappa shape index (κ1) is 23.3. The quantitative estimate of drug-likeness (QED) is 0.431. The average Bonchev–Trinajstić information content (AvgIpc) is 2.71. The highest BCUT2D eigenvalue weighted by molar-refractivity contribution is 8.20. The molecule has 0 bridgehead atoms. The van der Waals surface area contributed by atoms with Gasteiger partial charge in [-0.05, 0) is 42.3 Å². The van der Waals surface area contributed by atoms with E-state index in [1.807, 2.05) is 0 Å². The van der Waals surface area contributed by atoms with Gasteiger partial charge >= 0.3 is 5.97 Å². The van der Waals surface area contributed by atoms with Crippen LogP contribution in [-0.4, -0.2) is 50.1 Å². The van der Waals surface area contributed by atoms with Gasteiger partial charge in [-0.1, -0.05) is 34.7 Å². The van der Waals surface area contributed by atoms with Gasteiger partial charge in [0.25, 0.3) is 0 Å². The molecule has 2 aromatic rings. The number of likely N-dealkylation sites (N-methyl/N-ethyl adjacent to an activating group) is 1. The Hall–Kier alpha value is -2.41. The van der Waals surface area contributed by atoms with Crippen LogP contribution in [0.5, 0.6) is 5.75 Å². The van der Waals surface area contributed by atoms with Crippen LogP contribution in [0.1, 0.15) is 18.0 Å². The van der Waals surface area contributed by atoms with E-state index in [-0.39, 0.29) is 17.1 Å². The van der Waals surface area contributed by atoms with E-state index in [0.29, 0.717) is 11.3 Å². The molecule has 1 saturated heterocycles. The normalized spacial score (nSPS) is 21.8. The van der Waals surface area contributed by atoms with Crippen LogP contribution in [0.15, 0.2) is 42.5 Å². The molecule has 1 aliphatic heterocycles. The van der Waals surface area contributed by atoms with Crippen molar-refractivity contribution in [2.45, 2.75) is 18.5 Å². The maximum atomic E-state index is 13.3. The van der Waals surface area contributed by atoms with E-state index in [1.54, 1.807) is 24.3 Å². The highest BCUT2D eigenvalue weighted by Crippen LogP contribution is 2.48. The first-order valence-electron chi connectivity index (χ1n) is 9.06. The molecule has 1 fully saturated rings. The van der Waals surface area contributed by atoms with Crippen molar-refractivity contribution in [3.8, 4) is 5.75 Å². The van der Waals surface area contributed by atoms with Gasteiger partial charge in [-0.25, -0.2) is 9.18 Å². The zero-order chi connectivity index (χ0) is 22.8. The Kier molecular flexibility index (Phi) is 7.04. The molecule has 9 nitrogen and oxygen atoms in total. The third kappa shape index (κ3) is 5.64. The summed E-state index contributed by atoms with van der Waals surface area (Å²) >= 11 is 5.75. The van der Waals surface area contributed by atoms with Crippen molar-refractivity contribution in [3.05, 3.63) is 58.9 Å². The number of hydrogen-bond donors (Lipinski definition) is 5. The van der Waals surface area contributed by atoms with E-state index in [2.05, 4.69) is 10.0 Å². The number of benzene rings is 2. The molecule has 12 heteroatoms. The number of anilines is 1. The van der Waals surface area contributed by atoms with Gasteiger partial charge in [-0.15, -0.1) is 0 Å². The van der Waals surface area contributed by atoms with Crippen LogP contribution in [0.4, 0.5) is 10.1 Å². The van der Waals surface area contributed by atoms with Gasteiger partial charge < -0.3 is 15.2 Å². The lowest BCUT2D eigenvalue weighted by atomic mass is 9.99. The number of nitrogens with one attached hydrogen (secondary N) is 2. The van der Waals surface area contributed by atoms with Gasteiger partial charge in [0.05, 0.1) is 11.1 Å². The summed E-state index contributed by atoms with van der Waals surface area (Å²) in [5.74, 6) is -1.90. The molecule has 31 heavy (non-hydrogen) atoms. The molecule has 0 saturated carbocycles. The maximum absolute atomic E-state index is 13.3. The van der Waals surface area contributed by atoms with Gasteiger partial charge in [0.15, 0.2) is 6.61 Å². The molecule has 2 aromatic carbocycles. The lowest BCUT2D eigenvalue weighted by Crippen LogP contribution is -2.53. The lowest BCUT2D eigenvalue weighted by molar-refractivity contribution is -0.139. The van der Waals surface area contributed by atoms with Crippen molar-refractivity contribution < 1.29 is 32.9 Å². The van der Waals surface area contributed by atoms with E-state index in [4.69, 9.17) is 21.4 Å². The summed E-state index contributed by atoms with van der Waals surface area (Å²) in [6.45, 7) is -0.484. The summed E-state index contributed by atoms with van der Waals surface area (Å²) in [6, 6.07) is 8.64. The number of rotatable bonds is 6. The van der Waals surface area contributed by atoms with Crippen molar-refractivity contribution in [1.82, 2.24) is 9.03 Å². The Labute approximate surface area is 184 Å². The number of carboxylic acids is 1. The summed E-state index contributed by atoms with van der Waals surface area (Å²) in [5, 5.41) is 11.1. The number of hydrogen-bond acceptors (Lipinski definition) is 7. The minimum atomic E-state index is -3.46. The Morgan fingerprint density at radius 3 is 2.58 bits per heavy atom. The van der Waals surface area contributed by atoms with Crippen LogP contribution < -0.4 is 14.8 Å². The molecule has 1 heterocycles. The topological polar surface area (TPSA) is 131 Å². The third-order valence-corrected chi connectivity index (χ3v) is 6.68. The van der Waals surface area contributed by atoms with Crippen LogP contribution in [0.2, 0.25) is 5.02 Å². The monoisotopic (exact) mass is 473 g/mol. The molecule has 5 N–H and O–H groups in total. The SMILES string of the molecule is CN1C(C(=O)Nc2ccc(F)c(Cl)c2)CC(c2ccc(OCC(=O)O)cc2)NS1(O)O. The second-order valence-electron chi connectivity index (χ2n) is 6.86. The zero-order valence-corrected chi connectivity index (χ0v) is 17.9. The number of carboxylic acid groups (broad SMARTS) is 1. The Bertz CT molecular complexity index is 978. The average molecular weight is 474 g/mol. The van der Waals surface area contributed by atoms with Crippen molar-refractivity contribution in [2.24, 2.45) is 0 Å². The Morgan fingerprint density at radius 2 is 1.97 bits per heavy atom. The summed E-state index contributed by atoms with van der Waals surface area (Å²) in [4.78, 5) is 23.4. The second kappa shape index (κ2) is 9.39. The fourth-order valence-corrected chi connectivity index (χ4v) is 4.59. The summed E-state index contributed by atoms with van der Waals surface area (Å²) < 4.78 is 43.2. The molecule has 3 rings (SSSR count). The molecule has 1 amide bonds. The smallest absolute Gasteiger partial charge is 0.341 e. The molecule has 2 atom stereocenters. The highest BCUT2D eigenvalue weighted by Gasteiger charge is 2.41. The maximum Gasteiger partial charge on any atom is 0.341 e. The second-order valence-corrected chi connectivity index (χ2v) is 9.11. The number of carbonyl (C=O) groups excluding carboxylic acids is 1. The zero-order valence-electron chi connectivity index (χ0n) is 16.3. The number of halogens is 2. The number of nitrogens with zero attached hydrogens (tertiary/aromatic N) is 1. The first-order valence-corrected chi connectivity index (χ1v) is 10.9. The number of ether oxygens (including phenoxy) is 1. The summed E-state index contributed by atoms with van der Waals surface area (Å²) in [7, 11) is -2.06. The van der Waals surface area contributed by atoms with E-state index in [9.17, 15) is 23.1 Å². The number of carbonyl (C=O) groups is 2. The standard InChI is InChI=1S/C19H21ClFN3O6S/c1-24-17(19(27)22-12-4-7-15(21)14(20)8-12)9-16(23-31(24,28)29)11-2-5-13(6-3-11)30-10-18(25)26/h2-8,16-17,23,28-29H,9-10H2,1H3,(H,22,27)(H,25,26). The lowest BCUT2D eigenvalue weighted by Gasteiger charge is -2.50. The van der Waals surface area contributed by atoms with Crippen LogP contribution in [0.3, 0.4) is 0 Å². The number of aliphatic carboxylic acids is 1.